The zero-order valence-corrected chi connectivity index (χ0v) is 12.8. The highest BCUT2D eigenvalue weighted by atomic mass is 16.5. The summed E-state index contributed by atoms with van der Waals surface area (Å²) >= 11 is 0. The summed E-state index contributed by atoms with van der Waals surface area (Å²) in [6.45, 7) is 0.781. The lowest BCUT2D eigenvalue weighted by molar-refractivity contribution is 0.0975. The number of carbonyl (C=O) groups excluding carboxylic acids is 2. The first-order chi connectivity index (χ1) is 11.2. The number of amides is 2. The highest BCUT2D eigenvalue weighted by molar-refractivity contribution is 6.07. The maximum Gasteiger partial charge on any atom is 0.322 e. The second-order valence-electron chi connectivity index (χ2n) is 5.19. The van der Waals surface area contributed by atoms with Crippen molar-refractivity contribution in [3.8, 4) is 5.88 Å². The maximum absolute atomic E-state index is 12.4. The second kappa shape index (κ2) is 6.48. The molecule has 2 aromatic rings. The molecule has 0 bridgehead atoms. The fourth-order valence-electron chi connectivity index (χ4n) is 2.50. The van der Waals surface area contributed by atoms with Crippen LogP contribution < -0.4 is 15.0 Å². The van der Waals surface area contributed by atoms with E-state index in [-0.39, 0.29) is 23.9 Å². The van der Waals surface area contributed by atoms with Gasteiger partial charge in [0.1, 0.15) is 5.69 Å². The van der Waals surface area contributed by atoms with E-state index in [0.29, 0.717) is 24.7 Å². The normalized spacial score (nSPS) is 13.4. The summed E-state index contributed by atoms with van der Waals surface area (Å²) in [5.74, 6) is 0.287. The van der Waals surface area contributed by atoms with Crippen LogP contribution in [0.4, 0.5) is 10.5 Å². The molecule has 0 aliphatic carbocycles. The molecular formula is C17H17N3O3. The highest BCUT2D eigenvalue weighted by Crippen LogP contribution is 2.27. The van der Waals surface area contributed by atoms with Gasteiger partial charge in [-0.15, -0.1) is 0 Å². The molecule has 0 unspecified atom stereocenters. The van der Waals surface area contributed by atoms with E-state index < -0.39 is 0 Å². The molecule has 0 spiro atoms. The average Bonchev–Trinajstić information content (AvgIpc) is 2.60. The third kappa shape index (κ3) is 3.15. The van der Waals surface area contributed by atoms with Crippen molar-refractivity contribution in [1.82, 2.24) is 10.3 Å². The SMILES string of the molecule is COc1ccc2c(n1)C(=O)CCN2C(=O)NCc1ccccc1. The number of ether oxygens (including phenoxy) is 1. The van der Waals surface area contributed by atoms with Crippen LogP contribution >= 0.6 is 0 Å². The summed E-state index contributed by atoms with van der Waals surface area (Å²) in [6, 6.07) is 12.8. The number of nitrogens with zero attached hydrogens (tertiary/aromatic N) is 2. The lowest BCUT2D eigenvalue weighted by Crippen LogP contribution is -2.44. The molecule has 118 valence electrons. The Labute approximate surface area is 134 Å². The third-order valence-electron chi connectivity index (χ3n) is 3.71. The van der Waals surface area contributed by atoms with Crippen molar-refractivity contribution in [1.29, 1.82) is 0 Å². The van der Waals surface area contributed by atoms with Gasteiger partial charge in [-0.1, -0.05) is 30.3 Å². The number of ketones is 1. The van der Waals surface area contributed by atoms with Crippen molar-refractivity contribution >= 4 is 17.5 Å². The summed E-state index contributed by atoms with van der Waals surface area (Å²) in [5.41, 5.74) is 1.82. The number of fused-ring (bicyclic) bond motifs is 1. The summed E-state index contributed by atoms with van der Waals surface area (Å²) in [5, 5.41) is 2.87. The number of carbonyl (C=O) groups is 2. The number of nitrogens with one attached hydrogen (secondary N) is 1. The van der Waals surface area contributed by atoms with E-state index in [1.54, 1.807) is 17.0 Å². The number of pyridine rings is 1. The molecule has 6 heteroatoms. The number of benzene rings is 1. The molecule has 1 N–H and O–H groups in total. The highest BCUT2D eigenvalue weighted by Gasteiger charge is 2.28. The summed E-state index contributed by atoms with van der Waals surface area (Å²) < 4.78 is 5.05. The van der Waals surface area contributed by atoms with E-state index >= 15 is 0 Å². The van der Waals surface area contributed by atoms with Crippen LogP contribution in [0.5, 0.6) is 5.88 Å². The standard InChI is InChI=1S/C17H17N3O3/c1-23-15-8-7-13-16(19-15)14(21)9-10-20(13)17(22)18-11-12-5-3-2-4-6-12/h2-8H,9-11H2,1H3,(H,18,22). The molecule has 1 aliphatic heterocycles. The Balaban J connectivity index is 1.77. The average molecular weight is 311 g/mol. The van der Waals surface area contributed by atoms with Crippen LogP contribution in [0.15, 0.2) is 42.5 Å². The van der Waals surface area contributed by atoms with Crippen molar-refractivity contribution < 1.29 is 14.3 Å². The molecule has 3 rings (SSSR count). The molecule has 23 heavy (non-hydrogen) atoms. The van der Waals surface area contributed by atoms with E-state index in [1.807, 2.05) is 30.3 Å². The van der Waals surface area contributed by atoms with Crippen molar-refractivity contribution in [3.05, 3.63) is 53.7 Å². The van der Waals surface area contributed by atoms with Gasteiger partial charge in [-0.25, -0.2) is 9.78 Å². The van der Waals surface area contributed by atoms with Gasteiger partial charge in [0.15, 0.2) is 5.78 Å². The number of urea groups is 1. The Bertz CT molecular complexity index is 731. The molecule has 6 nitrogen and oxygen atoms in total. The Morgan fingerprint density at radius 1 is 1.26 bits per heavy atom. The largest absolute Gasteiger partial charge is 0.481 e. The van der Waals surface area contributed by atoms with Crippen molar-refractivity contribution in [2.45, 2.75) is 13.0 Å². The number of hydrogen-bond acceptors (Lipinski definition) is 4. The monoisotopic (exact) mass is 311 g/mol. The van der Waals surface area contributed by atoms with E-state index in [2.05, 4.69) is 10.3 Å². The summed E-state index contributed by atoms with van der Waals surface area (Å²) in [7, 11) is 1.49. The second-order valence-corrected chi connectivity index (χ2v) is 5.19. The van der Waals surface area contributed by atoms with Crippen LogP contribution in [-0.4, -0.2) is 30.5 Å². The Kier molecular flexibility index (Phi) is 4.23. The first-order valence-electron chi connectivity index (χ1n) is 7.36. The van der Waals surface area contributed by atoms with E-state index in [0.717, 1.165) is 5.56 Å². The number of Topliss-reactive ketones (excluding diaryl/α,β-unsaturated/α-hetero) is 1. The van der Waals surface area contributed by atoms with E-state index in [1.165, 1.54) is 7.11 Å². The quantitative estimate of drug-likeness (QED) is 0.945. The third-order valence-corrected chi connectivity index (χ3v) is 3.71. The lowest BCUT2D eigenvalue weighted by Gasteiger charge is -2.28. The van der Waals surface area contributed by atoms with Gasteiger partial charge in [0, 0.05) is 25.6 Å². The Morgan fingerprint density at radius 2 is 2.04 bits per heavy atom. The van der Waals surface area contributed by atoms with Gasteiger partial charge in [-0.2, -0.15) is 0 Å². The first kappa shape index (κ1) is 15.0. The van der Waals surface area contributed by atoms with Crippen LogP contribution in [0.2, 0.25) is 0 Å². The predicted octanol–water partition coefficient (Wildman–Crippen LogP) is 2.39. The minimum absolute atomic E-state index is 0.0778. The van der Waals surface area contributed by atoms with E-state index in [9.17, 15) is 9.59 Å². The molecule has 0 saturated carbocycles. The number of methoxy groups -OCH3 is 1. The van der Waals surface area contributed by atoms with Crippen LogP contribution in [-0.2, 0) is 6.54 Å². The fraction of sp³-hybridized carbons (Fsp3) is 0.235. The van der Waals surface area contributed by atoms with E-state index in [4.69, 9.17) is 4.74 Å². The zero-order chi connectivity index (χ0) is 16.2. The zero-order valence-electron chi connectivity index (χ0n) is 12.8. The Hall–Kier alpha value is -2.89. The molecule has 2 amide bonds. The minimum Gasteiger partial charge on any atom is -0.481 e. The van der Waals surface area contributed by atoms with Crippen LogP contribution in [0, 0.1) is 0 Å². The molecule has 0 saturated heterocycles. The molecule has 1 aromatic carbocycles. The molecular weight excluding hydrogens is 294 g/mol. The Morgan fingerprint density at radius 3 is 2.78 bits per heavy atom. The number of hydrogen-bond donors (Lipinski definition) is 1. The van der Waals surface area contributed by atoms with Gasteiger partial charge < -0.3 is 10.1 Å². The van der Waals surface area contributed by atoms with Gasteiger partial charge in [0.25, 0.3) is 0 Å². The molecule has 2 heterocycles. The topological polar surface area (TPSA) is 71.5 Å². The van der Waals surface area contributed by atoms with Gasteiger partial charge >= 0.3 is 6.03 Å². The molecule has 1 aliphatic rings. The van der Waals surface area contributed by atoms with Crippen LogP contribution in [0.25, 0.3) is 0 Å². The molecule has 0 atom stereocenters. The summed E-state index contributed by atoms with van der Waals surface area (Å²) in [4.78, 5) is 30.2. The van der Waals surface area contributed by atoms with Crippen molar-refractivity contribution in [3.63, 3.8) is 0 Å². The molecule has 1 aromatic heterocycles. The number of aromatic nitrogens is 1. The van der Waals surface area contributed by atoms with Crippen molar-refractivity contribution in [2.24, 2.45) is 0 Å². The van der Waals surface area contributed by atoms with Gasteiger partial charge in [-0.3, -0.25) is 9.69 Å². The first-order valence-corrected chi connectivity index (χ1v) is 7.36. The molecule has 0 radical (unpaired) electrons. The van der Waals surface area contributed by atoms with Crippen LogP contribution in [0.1, 0.15) is 22.5 Å². The lowest BCUT2D eigenvalue weighted by atomic mass is 10.1. The fourth-order valence-corrected chi connectivity index (χ4v) is 2.50. The van der Waals surface area contributed by atoms with Crippen LogP contribution in [0.3, 0.4) is 0 Å². The number of rotatable bonds is 3. The van der Waals surface area contributed by atoms with Gasteiger partial charge in [0.2, 0.25) is 5.88 Å². The van der Waals surface area contributed by atoms with Gasteiger partial charge in [0.05, 0.1) is 12.8 Å². The molecule has 0 fully saturated rings. The van der Waals surface area contributed by atoms with Gasteiger partial charge in [-0.05, 0) is 11.6 Å². The predicted molar refractivity (Wildman–Crippen MR) is 85.8 cm³/mol. The minimum atomic E-state index is -0.241. The number of anilines is 1. The summed E-state index contributed by atoms with van der Waals surface area (Å²) in [6.07, 6.45) is 0.256. The van der Waals surface area contributed by atoms with Crippen molar-refractivity contribution in [2.75, 3.05) is 18.6 Å². The maximum atomic E-state index is 12.4. The smallest absolute Gasteiger partial charge is 0.322 e.